The second-order valence-electron chi connectivity index (χ2n) is 5.95. The summed E-state index contributed by atoms with van der Waals surface area (Å²) in [5.74, 6) is 1.33. The van der Waals surface area contributed by atoms with Crippen molar-refractivity contribution in [3.05, 3.63) is 58.4 Å². The second-order valence-corrected chi connectivity index (χ2v) is 7.24. The number of nitrogens with zero attached hydrogens (tertiary/aromatic N) is 3. The van der Waals surface area contributed by atoms with Gasteiger partial charge in [0.25, 0.3) is 0 Å². The number of aliphatic imine (C=N–C) groups is 1. The number of guanidine groups is 1. The molecular weight excluding hydrogens is 382 g/mol. The molecule has 27 heavy (non-hydrogen) atoms. The molecule has 3 aromatic rings. The number of hydrogen-bond acceptors (Lipinski definition) is 7. The number of thiazole rings is 1. The van der Waals surface area contributed by atoms with E-state index < -0.39 is 0 Å². The van der Waals surface area contributed by atoms with Crippen LogP contribution in [0.1, 0.15) is 12.0 Å². The molecule has 1 aliphatic rings. The third-order valence-electron chi connectivity index (χ3n) is 3.91. The molecule has 8 heteroatoms. The van der Waals surface area contributed by atoms with Gasteiger partial charge in [-0.2, -0.15) is 0 Å². The first-order valence-corrected chi connectivity index (χ1v) is 9.87. The van der Waals surface area contributed by atoms with Crippen molar-refractivity contribution < 1.29 is 4.74 Å². The van der Waals surface area contributed by atoms with Gasteiger partial charge in [-0.15, -0.1) is 11.3 Å². The van der Waals surface area contributed by atoms with E-state index in [0.717, 1.165) is 47.6 Å². The van der Waals surface area contributed by atoms with Gasteiger partial charge in [-0.3, -0.25) is 4.99 Å². The summed E-state index contributed by atoms with van der Waals surface area (Å²) in [6.45, 7) is 2.20. The Bertz CT molecular complexity index is 941. The standard InChI is InChI=1S/C19H18ClN5OS/c20-14-7-5-13(6-8-14)11-26-17-4-1-3-15(23-17)16-12-27-19(24-16)25-18-21-9-2-10-22-18/h1,3-8,12H,2,9-11H2,(H2,21,22,24,25). The summed E-state index contributed by atoms with van der Waals surface area (Å²) in [7, 11) is 0. The number of anilines is 1. The minimum absolute atomic E-state index is 0.434. The highest BCUT2D eigenvalue weighted by Crippen LogP contribution is 2.25. The lowest BCUT2D eigenvalue weighted by atomic mass is 10.2. The molecule has 1 aromatic carbocycles. The molecular formula is C19H18ClN5OS. The molecule has 0 spiro atoms. The second kappa shape index (κ2) is 8.37. The Hall–Kier alpha value is -2.64. The fraction of sp³-hybridized carbons (Fsp3) is 0.211. The Labute approximate surface area is 166 Å². The highest BCUT2D eigenvalue weighted by molar-refractivity contribution is 7.14. The zero-order valence-electron chi connectivity index (χ0n) is 14.5. The van der Waals surface area contributed by atoms with Crippen LogP contribution in [-0.2, 0) is 6.61 Å². The maximum atomic E-state index is 5.91. The van der Waals surface area contributed by atoms with Crippen LogP contribution in [0.25, 0.3) is 11.4 Å². The van der Waals surface area contributed by atoms with Gasteiger partial charge in [-0.05, 0) is 30.2 Å². The Morgan fingerprint density at radius 2 is 2.00 bits per heavy atom. The summed E-state index contributed by atoms with van der Waals surface area (Å²) in [5.41, 5.74) is 2.61. The zero-order chi connectivity index (χ0) is 18.5. The van der Waals surface area contributed by atoms with Crippen molar-refractivity contribution in [2.24, 2.45) is 4.99 Å². The van der Waals surface area contributed by atoms with Crippen molar-refractivity contribution in [1.29, 1.82) is 0 Å². The number of ether oxygens (including phenoxy) is 1. The Kier molecular flexibility index (Phi) is 5.50. The van der Waals surface area contributed by atoms with Gasteiger partial charge in [0.2, 0.25) is 5.88 Å². The monoisotopic (exact) mass is 399 g/mol. The van der Waals surface area contributed by atoms with E-state index in [4.69, 9.17) is 16.3 Å². The van der Waals surface area contributed by atoms with Gasteiger partial charge in [0.05, 0.1) is 5.69 Å². The number of hydrogen-bond donors (Lipinski definition) is 2. The molecule has 2 N–H and O–H groups in total. The summed E-state index contributed by atoms with van der Waals surface area (Å²) in [5, 5.41) is 9.90. The van der Waals surface area contributed by atoms with E-state index in [1.807, 2.05) is 47.8 Å². The van der Waals surface area contributed by atoms with E-state index in [1.165, 1.54) is 11.3 Å². The first-order chi connectivity index (χ1) is 13.3. The van der Waals surface area contributed by atoms with Crippen LogP contribution >= 0.6 is 22.9 Å². The van der Waals surface area contributed by atoms with Crippen molar-refractivity contribution in [3.8, 4) is 17.3 Å². The van der Waals surface area contributed by atoms with Crippen LogP contribution in [0.15, 0.2) is 52.8 Å². The third kappa shape index (κ3) is 4.75. The summed E-state index contributed by atoms with van der Waals surface area (Å²) in [4.78, 5) is 13.6. The van der Waals surface area contributed by atoms with Gasteiger partial charge in [0.15, 0.2) is 11.1 Å². The number of pyridine rings is 1. The Morgan fingerprint density at radius 1 is 1.11 bits per heavy atom. The third-order valence-corrected chi connectivity index (χ3v) is 4.92. The van der Waals surface area contributed by atoms with Gasteiger partial charge < -0.3 is 15.4 Å². The van der Waals surface area contributed by atoms with E-state index in [2.05, 4.69) is 25.6 Å². The Morgan fingerprint density at radius 3 is 2.81 bits per heavy atom. The van der Waals surface area contributed by atoms with Crippen LogP contribution in [0, 0.1) is 0 Å². The predicted octanol–water partition coefficient (Wildman–Crippen LogP) is 4.20. The highest BCUT2D eigenvalue weighted by atomic mass is 35.5. The SMILES string of the molecule is Clc1ccc(COc2cccc(-c3csc(NC4=NCCCN4)n3)n2)cc1. The van der Waals surface area contributed by atoms with Crippen LogP contribution < -0.4 is 15.4 Å². The fourth-order valence-electron chi connectivity index (χ4n) is 2.54. The molecule has 3 heterocycles. The lowest BCUT2D eigenvalue weighted by Gasteiger charge is -2.14. The van der Waals surface area contributed by atoms with E-state index in [0.29, 0.717) is 17.5 Å². The topological polar surface area (TPSA) is 71.4 Å². The van der Waals surface area contributed by atoms with E-state index in [9.17, 15) is 0 Å². The summed E-state index contributed by atoms with van der Waals surface area (Å²) >= 11 is 7.42. The highest BCUT2D eigenvalue weighted by Gasteiger charge is 2.10. The average molecular weight is 400 g/mol. The molecule has 0 bridgehead atoms. The van der Waals surface area contributed by atoms with Crippen molar-refractivity contribution in [1.82, 2.24) is 15.3 Å². The molecule has 0 radical (unpaired) electrons. The molecule has 0 unspecified atom stereocenters. The van der Waals surface area contributed by atoms with Crippen molar-refractivity contribution >= 4 is 34.0 Å². The molecule has 0 atom stereocenters. The van der Waals surface area contributed by atoms with Crippen LogP contribution in [0.4, 0.5) is 5.13 Å². The lowest BCUT2D eigenvalue weighted by molar-refractivity contribution is 0.294. The summed E-state index contributed by atoms with van der Waals surface area (Å²) < 4.78 is 5.80. The van der Waals surface area contributed by atoms with E-state index in [1.54, 1.807) is 0 Å². The van der Waals surface area contributed by atoms with Crippen LogP contribution in [0.5, 0.6) is 5.88 Å². The van der Waals surface area contributed by atoms with Crippen LogP contribution in [-0.4, -0.2) is 29.0 Å². The number of nitrogens with one attached hydrogen (secondary N) is 2. The molecule has 0 amide bonds. The molecule has 0 aliphatic carbocycles. The molecule has 1 aliphatic heterocycles. The largest absolute Gasteiger partial charge is 0.473 e. The smallest absolute Gasteiger partial charge is 0.214 e. The molecule has 4 rings (SSSR count). The summed E-state index contributed by atoms with van der Waals surface area (Å²) in [6, 6.07) is 13.2. The number of halogens is 1. The van der Waals surface area contributed by atoms with Crippen LogP contribution in [0.2, 0.25) is 5.02 Å². The molecule has 2 aromatic heterocycles. The van der Waals surface area contributed by atoms with Gasteiger partial charge >= 0.3 is 0 Å². The zero-order valence-corrected chi connectivity index (χ0v) is 16.1. The number of rotatable bonds is 5. The molecule has 0 fully saturated rings. The minimum atomic E-state index is 0.434. The maximum Gasteiger partial charge on any atom is 0.214 e. The van der Waals surface area contributed by atoms with Gasteiger partial charge in [-0.25, -0.2) is 9.97 Å². The van der Waals surface area contributed by atoms with E-state index >= 15 is 0 Å². The normalized spacial score (nSPS) is 13.6. The van der Waals surface area contributed by atoms with Gasteiger partial charge in [0.1, 0.15) is 12.3 Å². The molecule has 0 saturated carbocycles. The van der Waals surface area contributed by atoms with Crippen molar-refractivity contribution in [3.63, 3.8) is 0 Å². The van der Waals surface area contributed by atoms with Crippen molar-refractivity contribution in [2.75, 3.05) is 18.4 Å². The van der Waals surface area contributed by atoms with Gasteiger partial charge in [0, 0.05) is 29.6 Å². The van der Waals surface area contributed by atoms with Crippen LogP contribution in [0.3, 0.4) is 0 Å². The first-order valence-electron chi connectivity index (χ1n) is 8.62. The van der Waals surface area contributed by atoms with Crippen molar-refractivity contribution in [2.45, 2.75) is 13.0 Å². The fourth-order valence-corrected chi connectivity index (χ4v) is 3.37. The minimum Gasteiger partial charge on any atom is -0.473 e. The molecule has 0 saturated heterocycles. The van der Waals surface area contributed by atoms with Gasteiger partial charge in [-0.1, -0.05) is 29.8 Å². The number of aromatic nitrogens is 2. The maximum absolute atomic E-state index is 5.91. The molecule has 6 nitrogen and oxygen atoms in total. The number of benzene rings is 1. The first kappa shape index (κ1) is 17.8. The average Bonchev–Trinajstić information content (AvgIpc) is 3.17. The molecule has 138 valence electrons. The quantitative estimate of drug-likeness (QED) is 0.672. The Balaban J connectivity index is 1.42. The van der Waals surface area contributed by atoms with E-state index in [-0.39, 0.29) is 0 Å². The summed E-state index contributed by atoms with van der Waals surface area (Å²) in [6.07, 6.45) is 1.06. The lowest BCUT2D eigenvalue weighted by Crippen LogP contribution is -2.35. The predicted molar refractivity (Wildman–Crippen MR) is 110 cm³/mol.